The van der Waals surface area contributed by atoms with Gasteiger partial charge in [0.1, 0.15) is 5.84 Å². The maximum absolute atomic E-state index is 12.1. The lowest BCUT2D eigenvalue weighted by atomic mass is 10.0. The number of nitrogens with zero attached hydrogens (tertiary/aromatic N) is 1. The number of likely N-dealkylation sites (N-methyl/N-ethyl adjacent to an activating group) is 1. The van der Waals surface area contributed by atoms with Crippen LogP contribution in [0.5, 0.6) is 0 Å². The van der Waals surface area contributed by atoms with E-state index < -0.39 is 5.91 Å². The summed E-state index contributed by atoms with van der Waals surface area (Å²) in [6.07, 6.45) is 1.15. The molecular weight excluding hydrogens is 244 g/mol. The van der Waals surface area contributed by atoms with Crippen LogP contribution in [0.1, 0.15) is 5.56 Å². The van der Waals surface area contributed by atoms with Crippen LogP contribution in [-0.2, 0) is 9.63 Å². The lowest BCUT2D eigenvalue weighted by Gasteiger charge is -2.16. The SMILES string of the molecule is CON(C)C(=O)/C(=C/C(=N)N)C(=N)c1ccccc1. The Hall–Kier alpha value is -2.47. The predicted molar refractivity (Wildman–Crippen MR) is 73.0 cm³/mol. The molecule has 0 saturated heterocycles. The molecule has 0 aliphatic rings. The fourth-order valence-electron chi connectivity index (χ4n) is 1.41. The largest absolute Gasteiger partial charge is 0.384 e. The highest BCUT2D eigenvalue weighted by Crippen LogP contribution is 2.11. The number of benzene rings is 1. The number of hydrogen-bond acceptors (Lipinski definition) is 4. The molecule has 4 N–H and O–H groups in total. The molecule has 0 atom stereocenters. The third kappa shape index (κ3) is 3.75. The van der Waals surface area contributed by atoms with Gasteiger partial charge >= 0.3 is 0 Å². The predicted octanol–water partition coefficient (Wildman–Crippen LogP) is 0.937. The van der Waals surface area contributed by atoms with Gasteiger partial charge in [0.2, 0.25) is 0 Å². The number of carbonyl (C=O) groups excluding carboxylic acids is 1. The van der Waals surface area contributed by atoms with Gasteiger partial charge in [-0.3, -0.25) is 20.5 Å². The molecule has 0 saturated carbocycles. The molecule has 0 fully saturated rings. The Kier molecular flexibility index (Phi) is 4.96. The minimum Gasteiger partial charge on any atom is -0.384 e. The number of nitrogens with one attached hydrogen (secondary N) is 2. The van der Waals surface area contributed by atoms with Crippen molar-refractivity contribution in [3.05, 3.63) is 47.5 Å². The number of carbonyl (C=O) groups is 1. The van der Waals surface area contributed by atoms with E-state index in [4.69, 9.17) is 21.4 Å². The summed E-state index contributed by atoms with van der Waals surface area (Å²) in [7, 11) is 2.77. The molecule has 0 spiro atoms. The third-order valence-corrected chi connectivity index (χ3v) is 2.42. The Morgan fingerprint density at radius 1 is 1.32 bits per heavy atom. The van der Waals surface area contributed by atoms with Crippen molar-refractivity contribution in [1.29, 1.82) is 10.8 Å². The van der Waals surface area contributed by atoms with E-state index in [0.717, 1.165) is 11.1 Å². The van der Waals surface area contributed by atoms with E-state index in [2.05, 4.69) is 0 Å². The van der Waals surface area contributed by atoms with Crippen molar-refractivity contribution in [2.45, 2.75) is 0 Å². The zero-order chi connectivity index (χ0) is 14.4. The van der Waals surface area contributed by atoms with Gasteiger partial charge in [-0.25, -0.2) is 5.06 Å². The lowest BCUT2D eigenvalue weighted by molar-refractivity contribution is -0.163. The molecule has 0 aliphatic carbocycles. The molecule has 1 aromatic rings. The highest BCUT2D eigenvalue weighted by atomic mass is 16.7. The summed E-state index contributed by atoms with van der Waals surface area (Å²) < 4.78 is 0. The number of hydrogen-bond donors (Lipinski definition) is 3. The monoisotopic (exact) mass is 260 g/mol. The molecule has 0 unspecified atom stereocenters. The van der Waals surface area contributed by atoms with Crippen LogP contribution < -0.4 is 5.73 Å². The van der Waals surface area contributed by atoms with Crippen LogP contribution >= 0.6 is 0 Å². The molecule has 6 nitrogen and oxygen atoms in total. The van der Waals surface area contributed by atoms with Gasteiger partial charge in [-0.2, -0.15) is 0 Å². The van der Waals surface area contributed by atoms with Crippen molar-refractivity contribution >= 4 is 17.5 Å². The zero-order valence-corrected chi connectivity index (χ0v) is 10.8. The Bertz CT molecular complexity index is 523. The van der Waals surface area contributed by atoms with E-state index >= 15 is 0 Å². The van der Waals surface area contributed by atoms with Crippen LogP contribution in [0.4, 0.5) is 0 Å². The van der Waals surface area contributed by atoms with E-state index in [-0.39, 0.29) is 17.1 Å². The molecule has 1 amide bonds. The van der Waals surface area contributed by atoms with Crippen LogP contribution in [0.2, 0.25) is 0 Å². The molecule has 0 bridgehead atoms. The van der Waals surface area contributed by atoms with E-state index in [1.807, 2.05) is 6.07 Å². The number of hydroxylamine groups is 2. The summed E-state index contributed by atoms with van der Waals surface area (Å²) in [5.74, 6) is -0.833. The molecule has 6 heteroatoms. The fourth-order valence-corrected chi connectivity index (χ4v) is 1.41. The molecule has 0 aliphatic heterocycles. The van der Waals surface area contributed by atoms with Gasteiger partial charge in [0.15, 0.2) is 0 Å². The zero-order valence-electron chi connectivity index (χ0n) is 10.8. The number of amides is 1. The summed E-state index contributed by atoms with van der Waals surface area (Å²) in [4.78, 5) is 16.9. The fraction of sp³-hybridized carbons (Fsp3) is 0.154. The average molecular weight is 260 g/mol. The topological polar surface area (TPSA) is 103 Å². The molecular formula is C13H16N4O2. The Morgan fingerprint density at radius 2 is 1.89 bits per heavy atom. The summed E-state index contributed by atoms with van der Waals surface area (Å²) in [5.41, 5.74) is 5.84. The number of nitrogens with two attached hydrogens (primary N) is 1. The molecule has 1 rings (SSSR count). The highest BCUT2D eigenvalue weighted by molar-refractivity contribution is 6.28. The first-order chi connectivity index (χ1) is 8.97. The Morgan fingerprint density at radius 3 is 2.37 bits per heavy atom. The summed E-state index contributed by atoms with van der Waals surface area (Å²) in [6, 6.07) is 8.75. The van der Waals surface area contributed by atoms with Gasteiger partial charge in [0.25, 0.3) is 5.91 Å². The standard InChI is InChI=1S/C13H16N4O2/c1-17(19-2)13(18)10(8-11(14)15)12(16)9-6-4-3-5-7-9/h3-8,16H,1-2H3,(H3,14,15)/b10-8+,16-12?. The van der Waals surface area contributed by atoms with Crippen LogP contribution in [0, 0.1) is 10.8 Å². The smallest absolute Gasteiger partial charge is 0.279 e. The molecule has 0 heterocycles. The number of amidine groups is 1. The van der Waals surface area contributed by atoms with E-state index in [9.17, 15) is 4.79 Å². The van der Waals surface area contributed by atoms with E-state index in [1.165, 1.54) is 14.2 Å². The lowest BCUT2D eigenvalue weighted by Crippen LogP contribution is -2.31. The van der Waals surface area contributed by atoms with Gasteiger partial charge in [-0.1, -0.05) is 30.3 Å². The number of rotatable bonds is 5. The van der Waals surface area contributed by atoms with Crippen molar-refractivity contribution < 1.29 is 9.63 Å². The highest BCUT2D eigenvalue weighted by Gasteiger charge is 2.20. The molecule has 19 heavy (non-hydrogen) atoms. The quantitative estimate of drug-likeness (QED) is 0.317. The van der Waals surface area contributed by atoms with Gasteiger partial charge in [0, 0.05) is 12.6 Å². The first-order valence-electron chi connectivity index (χ1n) is 5.49. The van der Waals surface area contributed by atoms with Gasteiger partial charge < -0.3 is 5.73 Å². The Labute approximate surface area is 111 Å². The van der Waals surface area contributed by atoms with Gasteiger partial charge in [-0.05, 0) is 6.08 Å². The third-order valence-electron chi connectivity index (χ3n) is 2.42. The van der Waals surface area contributed by atoms with Crippen LogP contribution in [0.3, 0.4) is 0 Å². The average Bonchev–Trinajstić information content (AvgIpc) is 2.43. The summed E-state index contributed by atoms with van der Waals surface area (Å²) >= 11 is 0. The summed E-state index contributed by atoms with van der Waals surface area (Å²) in [5, 5.41) is 16.3. The van der Waals surface area contributed by atoms with Crippen LogP contribution in [0.15, 0.2) is 42.0 Å². The second kappa shape index (κ2) is 6.46. The van der Waals surface area contributed by atoms with E-state index in [0.29, 0.717) is 5.56 Å². The van der Waals surface area contributed by atoms with E-state index in [1.54, 1.807) is 24.3 Å². The van der Waals surface area contributed by atoms with Gasteiger partial charge in [-0.15, -0.1) is 0 Å². The van der Waals surface area contributed by atoms with Crippen molar-refractivity contribution in [3.8, 4) is 0 Å². The van der Waals surface area contributed by atoms with Crippen molar-refractivity contribution in [1.82, 2.24) is 5.06 Å². The first kappa shape index (κ1) is 14.6. The minimum atomic E-state index is -0.536. The molecule has 100 valence electrons. The van der Waals surface area contributed by atoms with Crippen molar-refractivity contribution in [2.75, 3.05) is 14.2 Å². The maximum Gasteiger partial charge on any atom is 0.279 e. The van der Waals surface area contributed by atoms with Crippen LogP contribution in [0.25, 0.3) is 0 Å². The maximum atomic E-state index is 12.1. The minimum absolute atomic E-state index is 0.00282. The second-order valence-corrected chi connectivity index (χ2v) is 3.74. The summed E-state index contributed by atoms with van der Waals surface area (Å²) in [6.45, 7) is 0. The van der Waals surface area contributed by atoms with Crippen LogP contribution in [-0.4, -0.2) is 36.7 Å². The normalized spacial score (nSPS) is 10.9. The Balaban J connectivity index is 3.16. The molecule has 1 aromatic carbocycles. The van der Waals surface area contributed by atoms with Crippen molar-refractivity contribution in [3.63, 3.8) is 0 Å². The molecule has 0 aromatic heterocycles. The first-order valence-corrected chi connectivity index (χ1v) is 5.49. The van der Waals surface area contributed by atoms with Gasteiger partial charge in [0.05, 0.1) is 18.4 Å². The van der Waals surface area contributed by atoms with Crippen molar-refractivity contribution in [2.24, 2.45) is 5.73 Å². The second-order valence-electron chi connectivity index (χ2n) is 3.74. The molecule has 0 radical (unpaired) electrons.